The SMILES string of the molecule is CCOC(=O)c1cnc(CC(F)(F)F)nc1C. The van der Waals surface area contributed by atoms with Crippen molar-refractivity contribution in [1.29, 1.82) is 0 Å². The Morgan fingerprint density at radius 1 is 1.47 bits per heavy atom. The van der Waals surface area contributed by atoms with E-state index in [-0.39, 0.29) is 23.7 Å². The minimum absolute atomic E-state index is 0.0813. The summed E-state index contributed by atoms with van der Waals surface area (Å²) in [6.45, 7) is 3.25. The van der Waals surface area contributed by atoms with Gasteiger partial charge in [0.2, 0.25) is 0 Å². The molecule has 0 saturated heterocycles. The molecule has 0 spiro atoms. The average molecular weight is 248 g/mol. The van der Waals surface area contributed by atoms with Crippen LogP contribution in [-0.2, 0) is 11.2 Å². The van der Waals surface area contributed by atoms with E-state index in [9.17, 15) is 18.0 Å². The molecule has 0 aliphatic rings. The first-order valence-corrected chi connectivity index (χ1v) is 4.90. The highest BCUT2D eigenvalue weighted by atomic mass is 19.4. The van der Waals surface area contributed by atoms with E-state index >= 15 is 0 Å². The summed E-state index contributed by atoms with van der Waals surface area (Å²) in [6.07, 6.45) is -4.52. The molecule has 0 unspecified atom stereocenters. The molecule has 0 aromatic carbocycles. The van der Waals surface area contributed by atoms with Crippen LogP contribution in [0.3, 0.4) is 0 Å². The van der Waals surface area contributed by atoms with Gasteiger partial charge in [-0.1, -0.05) is 0 Å². The van der Waals surface area contributed by atoms with Gasteiger partial charge in [-0.25, -0.2) is 14.8 Å². The first kappa shape index (κ1) is 13.4. The van der Waals surface area contributed by atoms with Crippen molar-refractivity contribution in [2.45, 2.75) is 26.4 Å². The van der Waals surface area contributed by atoms with Crippen LogP contribution < -0.4 is 0 Å². The predicted octanol–water partition coefficient (Wildman–Crippen LogP) is 2.07. The number of aromatic nitrogens is 2. The minimum atomic E-state index is -4.36. The first-order chi connectivity index (χ1) is 7.83. The third-order valence-corrected chi connectivity index (χ3v) is 1.88. The highest BCUT2D eigenvalue weighted by Gasteiger charge is 2.29. The van der Waals surface area contributed by atoms with Crippen molar-refractivity contribution in [2.24, 2.45) is 0 Å². The molecule has 1 aromatic rings. The van der Waals surface area contributed by atoms with E-state index in [2.05, 4.69) is 9.97 Å². The largest absolute Gasteiger partial charge is 0.462 e. The third kappa shape index (κ3) is 4.01. The van der Waals surface area contributed by atoms with E-state index in [1.54, 1.807) is 6.92 Å². The van der Waals surface area contributed by atoms with Crippen LogP contribution in [0.4, 0.5) is 13.2 Å². The van der Waals surface area contributed by atoms with Crippen LogP contribution in [0, 0.1) is 6.92 Å². The molecule has 0 aliphatic carbocycles. The number of hydrogen-bond donors (Lipinski definition) is 0. The first-order valence-electron chi connectivity index (χ1n) is 4.90. The number of nitrogens with zero attached hydrogens (tertiary/aromatic N) is 2. The Labute approximate surface area is 95.8 Å². The zero-order valence-electron chi connectivity index (χ0n) is 9.34. The monoisotopic (exact) mass is 248 g/mol. The molecule has 4 nitrogen and oxygen atoms in total. The number of aryl methyl sites for hydroxylation is 1. The standard InChI is InChI=1S/C10H11F3N2O2/c1-3-17-9(16)7-5-14-8(15-6(7)2)4-10(11,12)13/h5H,3-4H2,1-2H3. The Bertz CT molecular complexity index is 419. The topological polar surface area (TPSA) is 52.1 Å². The van der Waals surface area contributed by atoms with Crippen molar-refractivity contribution in [3.05, 3.63) is 23.3 Å². The molecular weight excluding hydrogens is 237 g/mol. The normalized spacial score (nSPS) is 11.4. The van der Waals surface area contributed by atoms with Gasteiger partial charge in [0.15, 0.2) is 0 Å². The maximum absolute atomic E-state index is 12.1. The van der Waals surface area contributed by atoms with Gasteiger partial charge in [-0.05, 0) is 13.8 Å². The smallest absolute Gasteiger partial charge is 0.396 e. The van der Waals surface area contributed by atoms with Gasteiger partial charge in [-0.3, -0.25) is 0 Å². The van der Waals surface area contributed by atoms with E-state index in [0.717, 1.165) is 6.20 Å². The van der Waals surface area contributed by atoms with Crippen molar-refractivity contribution in [1.82, 2.24) is 9.97 Å². The molecule has 0 radical (unpaired) electrons. The molecule has 0 aliphatic heterocycles. The lowest BCUT2D eigenvalue weighted by Gasteiger charge is -2.08. The van der Waals surface area contributed by atoms with Gasteiger partial charge >= 0.3 is 12.1 Å². The molecule has 0 fully saturated rings. The summed E-state index contributed by atoms with van der Waals surface area (Å²) in [4.78, 5) is 18.5. The molecule has 17 heavy (non-hydrogen) atoms. The molecule has 0 saturated carbocycles. The average Bonchev–Trinajstić information content (AvgIpc) is 2.15. The maximum atomic E-state index is 12.1. The number of carbonyl (C=O) groups excluding carboxylic acids is 1. The molecule has 1 aromatic heterocycles. The fraction of sp³-hybridized carbons (Fsp3) is 0.500. The molecule has 7 heteroatoms. The summed E-state index contributed by atoms with van der Waals surface area (Å²) in [5.41, 5.74) is 0.260. The fourth-order valence-corrected chi connectivity index (χ4v) is 1.19. The van der Waals surface area contributed by atoms with Crippen LogP contribution in [0.15, 0.2) is 6.20 Å². The van der Waals surface area contributed by atoms with Gasteiger partial charge < -0.3 is 4.74 Å². The maximum Gasteiger partial charge on any atom is 0.396 e. The van der Waals surface area contributed by atoms with Crippen molar-refractivity contribution in [3.63, 3.8) is 0 Å². The summed E-state index contributed by atoms with van der Waals surface area (Å²) in [5.74, 6) is -0.994. The second kappa shape index (κ2) is 5.11. The highest BCUT2D eigenvalue weighted by molar-refractivity contribution is 5.90. The van der Waals surface area contributed by atoms with E-state index < -0.39 is 18.6 Å². The summed E-state index contributed by atoms with van der Waals surface area (Å²) in [5, 5.41) is 0. The molecule has 94 valence electrons. The van der Waals surface area contributed by atoms with Gasteiger partial charge in [-0.2, -0.15) is 13.2 Å². The van der Waals surface area contributed by atoms with Crippen LogP contribution in [0.25, 0.3) is 0 Å². The molecule has 1 heterocycles. The van der Waals surface area contributed by atoms with Crippen LogP contribution in [0.2, 0.25) is 0 Å². The van der Waals surface area contributed by atoms with Gasteiger partial charge in [0.1, 0.15) is 12.2 Å². The quantitative estimate of drug-likeness (QED) is 0.768. The highest BCUT2D eigenvalue weighted by Crippen LogP contribution is 2.19. The second-order valence-corrected chi connectivity index (χ2v) is 3.30. The lowest BCUT2D eigenvalue weighted by Crippen LogP contribution is -2.16. The lowest BCUT2D eigenvalue weighted by molar-refractivity contribution is -0.128. The third-order valence-electron chi connectivity index (χ3n) is 1.88. The Kier molecular flexibility index (Phi) is 4.03. The van der Waals surface area contributed by atoms with Crippen LogP contribution in [-0.4, -0.2) is 28.7 Å². The Morgan fingerprint density at radius 3 is 2.59 bits per heavy atom. The Hall–Kier alpha value is -1.66. The zero-order chi connectivity index (χ0) is 13.1. The molecule has 1 rings (SSSR count). The van der Waals surface area contributed by atoms with E-state index in [0.29, 0.717) is 0 Å². The number of ether oxygens (including phenoxy) is 1. The molecule has 0 amide bonds. The molecule has 0 N–H and O–H groups in total. The number of rotatable bonds is 3. The van der Waals surface area contributed by atoms with Gasteiger partial charge in [-0.15, -0.1) is 0 Å². The Morgan fingerprint density at radius 2 is 2.12 bits per heavy atom. The van der Waals surface area contributed by atoms with E-state index in [1.807, 2.05) is 0 Å². The summed E-state index contributed by atoms with van der Waals surface area (Å²) >= 11 is 0. The van der Waals surface area contributed by atoms with Crippen LogP contribution >= 0.6 is 0 Å². The van der Waals surface area contributed by atoms with Crippen molar-refractivity contribution >= 4 is 5.97 Å². The minimum Gasteiger partial charge on any atom is -0.462 e. The van der Waals surface area contributed by atoms with Crippen LogP contribution in [0.5, 0.6) is 0 Å². The van der Waals surface area contributed by atoms with Gasteiger partial charge in [0, 0.05) is 6.20 Å². The number of hydrogen-bond acceptors (Lipinski definition) is 4. The van der Waals surface area contributed by atoms with Crippen molar-refractivity contribution in [2.75, 3.05) is 6.61 Å². The molecular formula is C10H11F3N2O2. The summed E-state index contributed by atoms with van der Waals surface area (Å²) in [6, 6.07) is 0. The number of alkyl halides is 3. The van der Waals surface area contributed by atoms with Crippen molar-refractivity contribution in [3.8, 4) is 0 Å². The summed E-state index contributed by atoms with van der Waals surface area (Å²) < 4.78 is 41.0. The van der Waals surface area contributed by atoms with E-state index in [4.69, 9.17) is 4.74 Å². The summed E-state index contributed by atoms with van der Waals surface area (Å²) in [7, 11) is 0. The predicted molar refractivity (Wildman–Crippen MR) is 52.5 cm³/mol. The van der Waals surface area contributed by atoms with Gasteiger partial charge in [0.25, 0.3) is 0 Å². The van der Waals surface area contributed by atoms with Crippen LogP contribution in [0.1, 0.15) is 28.8 Å². The Balaban J connectivity index is 2.90. The lowest BCUT2D eigenvalue weighted by atomic mass is 10.2. The number of esters is 1. The van der Waals surface area contributed by atoms with E-state index in [1.165, 1.54) is 6.92 Å². The van der Waals surface area contributed by atoms with Crippen molar-refractivity contribution < 1.29 is 22.7 Å². The second-order valence-electron chi connectivity index (χ2n) is 3.30. The molecule has 0 atom stereocenters. The van der Waals surface area contributed by atoms with Gasteiger partial charge in [0.05, 0.1) is 17.9 Å². The number of halogens is 3. The zero-order valence-corrected chi connectivity index (χ0v) is 9.34. The molecule has 0 bridgehead atoms. The fourth-order valence-electron chi connectivity index (χ4n) is 1.19. The number of carbonyl (C=O) groups is 1.